The molecule has 1 aromatic heterocycles. The average molecular weight is 307 g/mol. The fourth-order valence-corrected chi connectivity index (χ4v) is 2.80. The second kappa shape index (κ2) is 8.10. The largest absolute Gasteiger partial charge is 0.373 e. The van der Waals surface area contributed by atoms with Crippen molar-refractivity contribution in [1.29, 1.82) is 0 Å². The van der Waals surface area contributed by atoms with Gasteiger partial charge in [-0.05, 0) is 26.3 Å². The smallest absolute Gasteiger partial charge is 0.250 e. The van der Waals surface area contributed by atoms with Crippen molar-refractivity contribution < 1.29 is 9.53 Å². The summed E-state index contributed by atoms with van der Waals surface area (Å²) in [6.45, 7) is 7.23. The zero-order valence-corrected chi connectivity index (χ0v) is 13.3. The first-order chi connectivity index (χ1) is 10.5. The summed E-state index contributed by atoms with van der Waals surface area (Å²) in [5, 5.41) is 2.91. The van der Waals surface area contributed by atoms with E-state index in [0.29, 0.717) is 19.6 Å². The molecular formula is C16H25N3O3. The minimum absolute atomic E-state index is 0.00915. The van der Waals surface area contributed by atoms with Crippen LogP contribution in [0.1, 0.15) is 20.3 Å². The van der Waals surface area contributed by atoms with Crippen molar-refractivity contribution in [2.24, 2.45) is 0 Å². The monoisotopic (exact) mass is 307 g/mol. The van der Waals surface area contributed by atoms with E-state index in [4.69, 9.17) is 4.74 Å². The number of ether oxygens (including phenoxy) is 1. The molecule has 1 aliphatic rings. The van der Waals surface area contributed by atoms with Crippen molar-refractivity contribution in [2.75, 3.05) is 26.2 Å². The van der Waals surface area contributed by atoms with Gasteiger partial charge in [-0.15, -0.1) is 0 Å². The molecule has 1 fully saturated rings. The van der Waals surface area contributed by atoms with Crippen LogP contribution in [0, 0.1) is 0 Å². The first-order valence-electron chi connectivity index (χ1n) is 7.84. The molecule has 0 aliphatic carbocycles. The topological polar surface area (TPSA) is 63.6 Å². The fourth-order valence-electron chi connectivity index (χ4n) is 2.80. The lowest BCUT2D eigenvalue weighted by atomic mass is 10.2. The van der Waals surface area contributed by atoms with E-state index in [-0.39, 0.29) is 23.7 Å². The van der Waals surface area contributed by atoms with Crippen LogP contribution in [0.2, 0.25) is 0 Å². The molecule has 1 aromatic rings. The minimum Gasteiger partial charge on any atom is -0.373 e. The Labute approximate surface area is 131 Å². The molecule has 1 N–H and O–H groups in total. The van der Waals surface area contributed by atoms with Crippen LogP contribution < -0.4 is 10.9 Å². The Hall–Kier alpha value is -1.66. The van der Waals surface area contributed by atoms with Crippen molar-refractivity contribution in [3.8, 4) is 0 Å². The summed E-state index contributed by atoms with van der Waals surface area (Å²) >= 11 is 0. The van der Waals surface area contributed by atoms with Gasteiger partial charge < -0.3 is 14.6 Å². The molecule has 1 aliphatic heterocycles. The zero-order chi connectivity index (χ0) is 15.9. The van der Waals surface area contributed by atoms with Gasteiger partial charge in [-0.2, -0.15) is 0 Å². The van der Waals surface area contributed by atoms with Gasteiger partial charge in [-0.3, -0.25) is 14.5 Å². The van der Waals surface area contributed by atoms with Crippen molar-refractivity contribution in [3.05, 3.63) is 34.7 Å². The van der Waals surface area contributed by atoms with Crippen LogP contribution >= 0.6 is 0 Å². The van der Waals surface area contributed by atoms with Gasteiger partial charge in [0, 0.05) is 38.4 Å². The molecule has 22 heavy (non-hydrogen) atoms. The third-order valence-corrected chi connectivity index (χ3v) is 3.66. The molecule has 2 rings (SSSR count). The second-order valence-electron chi connectivity index (χ2n) is 5.89. The quantitative estimate of drug-likeness (QED) is 0.776. The predicted octanol–water partition coefficient (Wildman–Crippen LogP) is 0.464. The molecule has 0 saturated carbocycles. The number of morpholine rings is 1. The third-order valence-electron chi connectivity index (χ3n) is 3.66. The van der Waals surface area contributed by atoms with Gasteiger partial charge in [0.2, 0.25) is 11.5 Å². The molecule has 0 aromatic carbocycles. The van der Waals surface area contributed by atoms with E-state index >= 15 is 0 Å². The predicted molar refractivity (Wildman–Crippen MR) is 84.8 cm³/mol. The number of pyridine rings is 1. The standard InChI is InChI=1S/C16H25N3O3/c1-13-10-18(11-14(2)22-13)12-15(20)17-7-5-9-19-8-4-3-6-16(19)21/h3-4,6,8,13-14H,5,7,9-12H2,1-2H3,(H,17,20)/t13-,14+. The van der Waals surface area contributed by atoms with E-state index in [2.05, 4.69) is 10.2 Å². The SMILES string of the molecule is C[C@@H]1CN(CC(=O)NCCCn2ccccc2=O)C[C@H](C)O1. The normalized spacial score (nSPS) is 22.5. The summed E-state index contributed by atoms with van der Waals surface area (Å²) in [5.41, 5.74) is -0.00915. The Kier molecular flexibility index (Phi) is 6.15. The van der Waals surface area contributed by atoms with E-state index in [1.165, 1.54) is 0 Å². The molecule has 0 bridgehead atoms. The van der Waals surface area contributed by atoms with Crippen molar-refractivity contribution in [1.82, 2.24) is 14.8 Å². The number of aromatic nitrogens is 1. The lowest BCUT2D eigenvalue weighted by molar-refractivity contribution is -0.125. The number of hydrogen-bond donors (Lipinski definition) is 1. The molecule has 1 saturated heterocycles. The van der Waals surface area contributed by atoms with Crippen molar-refractivity contribution in [2.45, 2.75) is 39.0 Å². The van der Waals surface area contributed by atoms with Crippen LogP contribution in [0.5, 0.6) is 0 Å². The third kappa shape index (κ3) is 5.27. The summed E-state index contributed by atoms with van der Waals surface area (Å²) in [7, 11) is 0. The van der Waals surface area contributed by atoms with E-state index < -0.39 is 0 Å². The van der Waals surface area contributed by atoms with Gasteiger partial charge in [0.25, 0.3) is 0 Å². The maximum Gasteiger partial charge on any atom is 0.250 e. The summed E-state index contributed by atoms with van der Waals surface area (Å²) < 4.78 is 7.30. The molecule has 6 nitrogen and oxygen atoms in total. The highest BCUT2D eigenvalue weighted by molar-refractivity contribution is 5.77. The number of amides is 1. The number of aryl methyl sites for hydroxylation is 1. The van der Waals surface area contributed by atoms with E-state index in [1.807, 2.05) is 19.9 Å². The summed E-state index contributed by atoms with van der Waals surface area (Å²) in [4.78, 5) is 25.6. The van der Waals surface area contributed by atoms with Gasteiger partial charge in [-0.1, -0.05) is 6.07 Å². The number of hydrogen-bond acceptors (Lipinski definition) is 4. The number of nitrogens with one attached hydrogen (secondary N) is 1. The zero-order valence-electron chi connectivity index (χ0n) is 13.3. The van der Waals surface area contributed by atoms with Gasteiger partial charge >= 0.3 is 0 Å². The Morgan fingerprint density at radius 2 is 2.05 bits per heavy atom. The van der Waals surface area contributed by atoms with Gasteiger partial charge in [-0.25, -0.2) is 0 Å². The van der Waals surface area contributed by atoms with Gasteiger partial charge in [0.1, 0.15) is 0 Å². The summed E-state index contributed by atoms with van der Waals surface area (Å²) in [5.74, 6) is 0.0294. The lowest BCUT2D eigenvalue weighted by Gasteiger charge is -2.34. The Morgan fingerprint density at radius 1 is 1.32 bits per heavy atom. The maximum absolute atomic E-state index is 11.9. The first-order valence-corrected chi connectivity index (χ1v) is 7.84. The number of carbonyl (C=O) groups is 1. The Balaban J connectivity index is 1.66. The highest BCUT2D eigenvalue weighted by Gasteiger charge is 2.23. The minimum atomic E-state index is -0.00915. The van der Waals surface area contributed by atoms with Crippen LogP contribution in [0.15, 0.2) is 29.2 Å². The molecule has 2 heterocycles. The van der Waals surface area contributed by atoms with Crippen LogP contribution in [0.25, 0.3) is 0 Å². The summed E-state index contributed by atoms with van der Waals surface area (Å²) in [6, 6.07) is 5.10. The van der Waals surface area contributed by atoms with Crippen molar-refractivity contribution >= 4 is 5.91 Å². The van der Waals surface area contributed by atoms with Gasteiger partial charge in [0.15, 0.2) is 0 Å². The summed E-state index contributed by atoms with van der Waals surface area (Å²) in [6.07, 6.45) is 2.84. The highest BCUT2D eigenvalue weighted by Crippen LogP contribution is 2.09. The Bertz CT molecular complexity index is 533. The molecule has 122 valence electrons. The van der Waals surface area contributed by atoms with Crippen LogP contribution in [-0.2, 0) is 16.1 Å². The maximum atomic E-state index is 11.9. The number of carbonyl (C=O) groups excluding carboxylic acids is 1. The molecular weight excluding hydrogens is 282 g/mol. The average Bonchev–Trinajstić information content (AvgIpc) is 2.44. The van der Waals surface area contributed by atoms with Crippen LogP contribution in [0.4, 0.5) is 0 Å². The van der Waals surface area contributed by atoms with E-state index in [9.17, 15) is 9.59 Å². The van der Waals surface area contributed by atoms with Crippen LogP contribution in [-0.4, -0.2) is 53.8 Å². The van der Waals surface area contributed by atoms with E-state index in [0.717, 1.165) is 19.5 Å². The molecule has 6 heteroatoms. The van der Waals surface area contributed by atoms with Crippen LogP contribution in [0.3, 0.4) is 0 Å². The molecule has 0 unspecified atom stereocenters. The van der Waals surface area contributed by atoms with Crippen molar-refractivity contribution in [3.63, 3.8) is 0 Å². The number of nitrogens with zero attached hydrogens (tertiary/aromatic N) is 2. The van der Waals surface area contributed by atoms with Gasteiger partial charge in [0.05, 0.1) is 18.8 Å². The molecule has 1 amide bonds. The molecule has 0 spiro atoms. The molecule has 2 atom stereocenters. The Morgan fingerprint density at radius 3 is 2.73 bits per heavy atom. The van der Waals surface area contributed by atoms with E-state index in [1.54, 1.807) is 22.9 Å². The fraction of sp³-hybridized carbons (Fsp3) is 0.625. The highest BCUT2D eigenvalue weighted by atomic mass is 16.5. The lowest BCUT2D eigenvalue weighted by Crippen LogP contribution is -2.49. The first kappa shape index (κ1) is 16.7. The second-order valence-corrected chi connectivity index (χ2v) is 5.89. The number of rotatable bonds is 6. The molecule has 0 radical (unpaired) electrons.